The minimum atomic E-state index is 0.278. The zero-order valence-corrected chi connectivity index (χ0v) is 13.1. The molecule has 2 aromatic rings. The summed E-state index contributed by atoms with van der Waals surface area (Å²) in [5.74, 6) is 0. The fourth-order valence-corrected chi connectivity index (χ4v) is 3.41. The van der Waals surface area contributed by atoms with E-state index >= 15 is 0 Å². The number of aliphatic hydroxyl groups is 1. The lowest BCUT2D eigenvalue weighted by atomic mass is 9.99. The van der Waals surface area contributed by atoms with Crippen LogP contribution in [0.5, 0.6) is 0 Å². The Morgan fingerprint density at radius 1 is 1.35 bits per heavy atom. The number of nitrogens with zero attached hydrogens (tertiary/aromatic N) is 3. The third-order valence-electron chi connectivity index (χ3n) is 4.12. The van der Waals surface area contributed by atoms with E-state index < -0.39 is 0 Å². The van der Waals surface area contributed by atoms with Gasteiger partial charge in [0, 0.05) is 29.9 Å². The summed E-state index contributed by atoms with van der Waals surface area (Å²) in [7, 11) is 0. The molecule has 1 N–H and O–H groups in total. The predicted octanol–water partition coefficient (Wildman–Crippen LogP) is 2.83. The summed E-state index contributed by atoms with van der Waals surface area (Å²) in [5, 5.41) is 9.22. The first-order chi connectivity index (χ1) is 9.78. The molecule has 1 aliphatic rings. The average molecular weight is 338 g/mol. The SMILES string of the molecule is OCCC1CCCCN1Cc1cnc2ccc(Br)cn12. The van der Waals surface area contributed by atoms with Crippen molar-refractivity contribution in [3.63, 3.8) is 0 Å². The van der Waals surface area contributed by atoms with Gasteiger partial charge in [-0.3, -0.25) is 4.90 Å². The molecule has 0 bridgehead atoms. The molecule has 0 saturated carbocycles. The van der Waals surface area contributed by atoms with Gasteiger partial charge in [0.15, 0.2) is 0 Å². The van der Waals surface area contributed by atoms with Crippen molar-refractivity contribution in [3.05, 3.63) is 34.7 Å². The van der Waals surface area contributed by atoms with Crippen LogP contribution in [0.2, 0.25) is 0 Å². The third-order valence-corrected chi connectivity index (χ3v) is 4.59. The van der Waals surface area contributed by atoms with Crippen molar-refractivity contribution >= 4 is 21.6 Å². The lowest BCUT2D eigenvalue weighted by Crippen LogP contribution is -2.39. The second kappa shape index (κ2) is 6.24. The highest BCUT2D eigenvalue weighted by atomic mass is 79.9. The molecule has 0 aliphatic carbocycles. The van der Waals surface area contributed by atoms with Crippen LogP contribution in [0.25, 0.3) is 5.65 Å². The van der Waals surface area contributed by atoms with Crippen molar-refractivity contribution in [1.82, 2.24) is 14.3 Å². The third kappa shape index (κ3) is 2.90. The number of hydrogen-bond donors (Lipinski definition) is 1. The standard InChI is InChI=1S/C15H20BrN3O/c16-12-4-5-15-17-9-14(19(15)10-12)11-18-7-2-1-3-13(18)6-8-20/h4-5,9-10,13,20H,1-3,6-8,11H2. The molecule has 1 unspecified atom stereocenters. The second-order valence-electron chi connectivity index (χ2n) is 5.46. The number of piperidine rings is 1. The van der Waals surface area contributed by atoms with Crippen molar-refractivity contribution < 1.29 is 5.11 Å². The zero-order valence-electron chi connectivity index (χ0n) is 11.5. The Labute approximate surface area is 127 Å². The number of rotatable bonds is 4. The Morgan fingerprint density at radius 2 is 2.25 bits per heavy atom. The summed E-state index contributed by atoms with van der Waals surface area (Å²) in [6, 6.07) is 4.54. The van der Waals surface area contributed by atoms with Crippen LogP contribution in [-0.2, 0) is 6.54 Å². The number of halogens is 1. The van der Waals surface area contributed by atoms with E-state index in [0.29, 0.717) is 6.04 Å². The Bertz CT molecular complexity index is 582. The van der Waals surface area contributed by atoms with Crippen molar-refractivity contribution in [2.24, 2.45) is 0 Å². The van der Waals surface area contributed by atoms with Gasteiger partial charge >= 0.3 is 0 Å². The first kappa shape index (κ1) is 14.0. The molecule has 5 heteroatoms. The molecule has 2 aromatic heterocycles. The molecule has 3 rings (SSSR count). The van der Waals surface area contributed by atoms with E-state index in [4.69, 9.17) is 0 Å². The van der Waals surface area contributed by atoms with Crippen molar-refractivity contribution in [2.75, 3.05) is 13.2 Å². The maximum Gasteiger partial charge on any atom is 0.136 e. The summed E-state index contributed by atoms with van der Waals surface area (Å²) in [6.07, 6.45) is 8.64. The van der Waals surface area contributed by atoms with Gasteiger partial charge < -0.3 is 9.51 Å². The lowest BCUT2D eigenvalue weighted by Gasteiger charge is -2.35. The van der Waals surface area contributed by atoms with E-state index in [-0.39, 0.29) is 6.61 Å². The van der Waals surface area contributed by atoms with Gasteiger partial charge in [0.2, 0.25) is 0 Å². The zero-order chi connectivity index (χ0) is 13.9. The van der Waals surface area contributed by atoms with Gasteiger partial charge in [-0.05, 0) is 53.9 Å². The van der Waals surface area contributed by atoms with Gasteiger partial charge in [-0.2, -0.15) is 0 Å². The number of imidazole rings is 1. The summed E-state index contributed by atoms with van der Waals surface area (Å²) in [4.78, 5) is 6.95. The summed E-state index contributed by atoms with van der Waals surface area (Å²) < 4.78 is 3.21. The van der Waals surface area contributed by atoms with Crippen LogP contribution < -0.4 is 0 Å². The van der Waals surface area contributed by atoms with Gasteiger partial charge in [-0.1, -0.05) is 6.42 Å². The summed E-state index contributed by atoms with van der Waals surface area (Å²) in [6.45, 7) is 2.30. The molecular weight excluding hydrogens is 318 g/mol. The highest BCUT2D eigenvalue weighted by Crippen LogP contribution is 2.22. The van der Waals surface area contributed by atoms with Crippen molar-refractivity contribution in [3.8, 4) is 0 Å². The van der Waals surface area contributed by atoms with Crippen LogP contribution in [0, 0.1) is 0 Å². The maximum atomic E-state index is 9.22. The van der Waals surface area contributed by atoms with Crippen LogP contribution in [0.15, 0.2) is 29.0 Å². The molecular formula is C15H20BrN3O. The lowest BCUT2D eigenvalue weighted by molar-refractivity contribution is 0.111. The predicted molar refractivity (Wildman–Crippen MR) is 82.6 cm³/mol. The quantitative estimate of drug-likeness (QED) is 0.932. The molecule has 20 heavy (non-hydrogen) atoms. The first-order valence-electron chi connectivity index (χ1n) is 7.24. The maximum absolute atomic E-state index is 9.22. The molecule has 0 aromatic carbocycles. The average Bonchev–Trinajstić information content (AvgIpc) is 2.84. The monoisotopic (exact) mass is 337 g/mol. The molecule has 0 amide bonds. The second-order valence-corrected chi connectivity index (χ2v) is 6.37. The Hall–Kier alpha value is -0.910. The van der Waals surface area contributed by atoms with Crippen molar-refractivity contribution in [2.45, 2.75) is 38.3 Å². The van der Waals surface area contributed by atoms with Gasteiger partial charge in [0.1, 0.15) is 5.65 Å². The number of aliphatic hydroxyl groups excluding tert-OH is 1. The Balaban J connectivity index is 1.82. The fourth-order valence-electron chi connectivity index (χ4n) is 3.07. The highest BCUT2D eigenvalue weighted by Gasteiger charge is 2.22. The number of likely N-dealkylation sites (tertiary alicyclic amines) is 1. The van der Waals surface area contributed by atoms with E-state index in [2.05, 4.69) is 36.4 Å². The number of fused-ring (bicyclic) bond motifs is 1. The molecule has 1 fully saturated rings. The van der Waals surface area contributed by atoms with E-state index in [0.717, 1.165) is 29.6 Å². The largest absolute Gasteiger partial charge is 0.396 e. The van der Waals surface area contributed by atoms with E-state index in [1.807, 2.05) is 18.3 Å². The molecule has 4 nitrogen and oxygen atoms in total. The van der Waals surface area contributed by atoms with Crippen LogP contribution in [-0.4, -0.2) is 38.6 Å². The van der Waals surface area contributed by atoms with Crippen LogP contribution >= 0.6 is 15.9 Å². The number of pyridine rings is 1. The topological polar surface area (TPSA) is 40.8 Å². The molecule has 108 valence electrons. The van der Waals surface area contributed by atoms with Crippen LogP contribution in [0.1, 0.15) is 31.4 Å². The highest BCUT2D eigenvalue weighted by molar-refractivity contribution is 9.10. The normalized spacial score (nSPS) is 20.6. The fraction of sp³-hybridized carbons (Fsp3) is 0.533. The van der Waals surface area contributed by atoms with Gasteiger partial charge in [0.25, 0.3) is 0 Å². The Morgan fingerprint density at radius 3 is 3.10 bits per heavy atom. The molecule has 1 saturated heterocycles. The number of hydrogen-bond acceptors (Lipinski definition) is 3. The van der Waals surface area contributed by atoms with Gasteiger partial charge in [-0.25, -0.2) is 4.98 Å². The summed E-state index contributed by atoms with van der Waals surface area (Å²) in [5.41, 5.74) is 2.20. The molecule has 1 atom stereocenters. The van der Waals surface area contributed by atoms with Crippen molar-refractivity contribution in [1.29, 1.82) is 0 Å². The van der Waals surface area contributed by atoms with E-state index in [9.17, 15) is 5.11 Å². The first-order valence-corrected chi connectivity index (χ1v) is 8.03. The van der Waals surface area contributed by atoms with Gasteiger partial charge in [0.05, 0.1) is 11.9 Å². The smallest absolute Gasteiger partial charge is 0.136 e. The van der Waals surface area contributed by atoms with Crippen LogP contribution in [0.3, 0.4) is 0 Å². The van der Waals surface area contributed by atoms with Gasteiger partial charge in [-0.15, -0.1) is 0 Å². The Kier molecular flexibility index (Phi) is 4.38. The molecule has 0 spiro atoms. The molecule has 1 aliphatic heterocycles. The molecule has 3 heterocycles. The van der Waals surface area contributed by atoms with Crippen LogP contribution in [0.4, 0.5) is 0 Å². The van der Waals surface area contributed by atoms with E-state index in [1.54, 1.807) is 0 Å². The summed E-state index contributed by atoms with van der Waals surface area (Å²) >= 11 is 3.52. The minimum absolute atomic E-state index is 0.278. The van der Waals surface area contributed by atoms with E-state index in [1.165, 1.54) is 25.0 Å². The number of aromatic nitrogens is 2. The minimum Gasteiger partial charge on any atom is -0.396 e. The molecule has 0 radical (unpaired) electrons.